The number of benzene rings is 2. The number of aromatic nitrogens is 5. The lowest BCUT2D eigenvalue weighted by atomic mass is 9.73. The summed E-state index contributed by atoms with van der Waals surface area (Å²) in [6.07, 6.45) is -1.77. The summed E-state index contributed by atoms with van der Waals surface area (Å²) in [5.74, 6) is -2.76. The first-order valence-electron chi connectivity index (χ1n) is 18.8. The van der Waals surface area contributed by atoms with Gasteiger partial charge in [-0.1, -0.05) is 23.6 Å². The molecule has 1 saturated carbocycles. The molecule has 3 atom stereocenters. The molecule has 3 aliphatic rings. The lowest BCUT2D eigenvalue weighted by Crippen LogP contribution is -2.36. The van der Waals surface area contributed by atoms with Crippen molar-refractivity contribution in [2.24, 2.45) is 13.0 Å². The summed E-state index contributed by atoms with van der Waals surface area (Å²) < 4.78 is 123. The molecular weight excluding hydrogens is 840 g/mol. The SMILES string of the molecule is Cn1nc(NS(C)(=O)=O)c2c(Cl)ccc(-c3ccc(C#CC4(O)CCOCC4)nc3[C@H](Cc3cc(F)cc(F)c3)NC(=O)Cn3nc(C(F)F)c4c3C(F)(F)[C@@H]3CC[C@H]43)c21. The maximum atomic E-state index is 15.7. The second kappa shape index (κ2) is 15.4. The number of anilines is 1. The first-order chi connectivity index (χ1) is 28.3. The van der Waals surface area contributed by atoms with Crippen molar-refractivity contribution >= 4 is 44.3 Å². The summed E-state index contributed by atoms with van der Waals surface area (Å²) >= 11 is 6.61. The average Bonchev–Trinajstić information content (AvgIpc) is 3.71. The Morgan fingerprint density at radius 2 is 1.75 bits per heavy atom. The fraction of sp³-hybridized carbons (Fsp3) is 0.400. The molecule has 4 heterocycles. The van der Waals surface area contributed by atoms with Gasteiger partial charge in [0.2, 0.25) is 15.9 Å². The van der Waals surface area contributed by atoms with E-state index in [9.17, 15) is 35.9 Å². The quantitative estimate of drug-likeness (QED) is 0.104. The van der Waals surface area contributed by atoms with Crippen LogP contribution < -0.4 is 10.0 Å². The molecule has 1 amide bonds. The first kappa shape index (κ1) is 41.6. The predicted molar refractivity (Wildman–Crippen MR) is 207 cm³/mol. The van der Waals surface area contributed by atoms with Crippen molar-refractivity contribution in [3.63, 3.8) is 0 Å². The fourth-order valence-electron chi connectivity index (χ4n) is 8.39. The fourth-order valence-corrected chi connectivity index (χ4v) is 9.13. The topological polar surface area (TPSA) is 153 Å². The molecule has 60 heavy (non-hydrogen) atoms. The number of fused-ring (bicyclic) bond motifs is 4. The van der Waals surface area contributed by atoms with E-state index in [-0.39, 0.29) is 89.6 Å². The highest BCUT2D eigenvalue weighted by atomic mass is 35.5. The van der Waals surface area contributed by atoms with E-state index in [0.29, 0.717) is 21.8 Å². The van der Waals surface area contributed by atoms with Crippen molar-refractivity contribution in [1.82, 2.24) is 29.9 Å². The number of hydrogen-bond donors (Lipinski definition) is 3. The molecule has 1 aliphatic heterocycles. The second-order valence-corrected chi connectivity index (χ2v) is 17.5. The lowest BCUT2D eigenvalue weighted by Gasteiger charge is -2.34. The van der Waals surface area contributed by atoms with Crippen LogP contribution in [0, 0.1) is 29.4 Å². The van der Waals surface area contributed by atoms with Gasteiger partial charge < -0.3 is 15.2 Å². The molecule has 0 bridgehead atoms. The van der Waals surface area contributed by atoms with Crippen LogP contribution in [0.4, 0.5) is 32.2 Å². The van der Waals surface area contributed by atoms with E-state index in [2.05, 4.69) is 32.1 Å². The summed E-state index contributed by atoms with van der Waals surface area (Å²) in [6, 6.07) is 7.55. The van der Waals surface area contributed by atoms with Gasteiger partial charge in [0.1, 0.15) is 40.9 Å². The lowest BCUT2D eigenvalue weighted by molar-refractivity contribution is -0.123. The second-order valence-electron chi connectivity index (χ2n) is 15.3. The van der Waals surface area contributed by atoms with Gasteiger partial charge in [0.25, 0.3) is 12.3 Å². The van der Waals surface area contributed by atoms with Gasteiger partial charge >= 0.3 is 0 Å². The van der Waals surface area contributed by atoms with E-state index in [1.807, 2.05) is 0 Å². The molecule has 2 fully saturated rings. The monoisotopic (exact) mass is 875 g/mol. The summed E-state index contributed by atoms with van der Waals surface area (Å²) in [4.78, 5) is 18.9. The normalized spacial score (nSPS) is 19.6. The van der Waals surface area contributed by atoms with Crippen molar-refractivity contribution in [2.45, 2.75) is 68.6 Å². The number of carbonyl (C=O) groups excluding carboxylic acids is 1. The van der Waals surface area contributed by atoms with E-state index in [1.165, 1.54) is 23.9 Å². The van der Waals surface area contributed by atoms with Gasteiger partial charge in [-0.05, 0) is 67.0 Å². The van der Waals surface area contributed by atoms with Crippen molar-refractivity contribution in [3.8, 4) is 23.0 Å². The third kappa shape index (κ3) is 7.81. The molecule has 316 valence electrons. The molecule has 12 nitrogen and oxygen atoms in total. The van der Waals surface area contributed by atoms with Crippen LogP contribution in [-0.2, 0) is 45.5 Å². The highest BCUT2D eigenvalue weighted by Gasteiger charge is 2.62. The van der Waals surface area contributed by atoms with Crippen LogP contribution in [0.5, 0.6) is 0 Å². The Labute approximate surface area is 344 Å². The number of sulfonamides is 1. The third-order valence-electron chi connectivity index (χ3n) is 11.1. The van der Waals surface area contributed by atoms with Gasteiger partial charge in [-0.3, -0.25) is 18.9 Å². The summed E-state index contributed by atoms with van der Waals surface area (Å²) in [5.41, 5.74) is -2.13. The van der Waals surface area contributed by atoms with Crippen LogP contribution in [0.1, 0.15) is 78.0 Å². The van der Waals surface area contributed by atoms with E-state index in [4.69, 9.17) is 21.3 Å². The molecule has 0 unspecified atom stereocenters. The minimum Gasteiger partial charge on any atom is -0.381 e. The van der Waals surface area contributed by atoms with E-state index in [1.54, 1.807) is 12.1 Å². The van der Waals surface area contributed by atoms with Gasteiger partial charge in [-0.15, -0.1) is 0 Å². The zero-order valence-electron chi connectivity index (χ0n) is 31.9. The maximum Gasteiger partial charge on any atom is 0.293 e. The zero-order valence-corrected chi connectivity index (χ0v) is 33.5. The summed E-state index contributed by atoms with van der Waals surface area (Å²) in [7, 11) is -2.31. The van der Waals surface area contributed by atoms with Gasteiger partial charge in [0.05, 0.1) is 47.1 Å². The Balaban J connectivity index is 1.28. The summed E-state index contributed by atoms with van der Waals surface area (Å²) in [6.45, 7) is -0.393. The Morgan fingerprint density at radius 1 is 1.05 bits per heavy atom. The number of hydrogen-bond acceptors (Lipinski definition) is 8. The number of pyridine rings is 1. The van der Waals surface area contributed by atoms with Gasteiger partial charge in [-0.2, -0.15) is 19.0 Å². The largest absolute Gasteiger partial charge is 0.381 e. The maximum absolute atomic E-state index is 15.7. The van der Waals surface area contributed by atoms with Gasteiger partial charge in [-0.25, -0.2) is 31.0 Å². The van der Waals surface area contributed by atoms with E-state index in [0.717, 1.165) is 18.4 Å². The number of halogens is 7. The number of amides is 1. The van der Waals surface area contributed by atoms with Crippen molar-refractivity contribution in [1.29, 1.82) is 0 Å². The van der Waals surface area contributed by atoms with Crippen LogP contribution in [0.15, 0.2) is 42.5 Å². The van der Waals surface area contributed by atoms with Gasteiger partial charge in [0.15, 0.2) is 5.82 Å². The number of nitrogens with zero attached hydrogens (tertiary/aromatic N) is 5. The van der Waals surface area contributed by atoms with E-state index < -0.39 is 81.3 Å². The smallest absolute Gasteiger partial charge is 0.293 e. The molecule has 3 N–H and O–H groups in total. The summed E-state index contributed by atoms with van der Waals surface area (Å²) in [5, 5.41) is 22.3. The molecule has 0 spiro atoms. The predicted octanol–water partition coefficient (Wildman–Crippen LogP) is 6.66. The Bertz CT molecular complexity index is 2710. The number of nitrogens with one attached hydrogen (secondary N) is 2. The third-order valence-corrected chi connectivity index (χ3v) is 12.0. The highest BCUT2D eigenvalue weighted by molar-refractivity contribution is 7.92. The molecule has 1 saturated heterocycles. The molecule has 3 aromatic heterocycles. The molecule has 0 radical (unpaired) electrons. The molecular formula is C40H36ClF6N7O5S. The minimum absolute atomic E-state index is 0.0311. The number of aliphatic hydroxyl groups is 1. The van der Waals surface area contributed by atoms with Crippen LogP contribution in [-0.4, -0.2) is 69.0 Å². The number of aryl methyl sites for hydroxylation is 1. The van der Waals surface area contributed by atoms with E-state index >= 15 is 8.78 Å². The molecule has 5 aromatic rings. The van der Waals surface area contributed by atoms with Gasteiger partial charge in [0, 0.05) is 48.6 Å². The highest BCUT2D eigenvalue weighted by Crippen LogP contribution is 2.63. The number of alkyl halides is 4. The molecule has 8 rings (SSSR count). The zero-order chi connectivity index (χ0) is 42.9. The van der Waals surface area contributed by atoms with Crippen LogP contribution in [0.3, 0.4) is 0 Å². The molecule has 20 heteroatoms. The van der Waals surface area contributed by atoms with Crippen molar-refractivity contribution in [3.05, 3.63) is 93.0 Å². The standard InChI is InChI=1S/C40H36ClF6N7O5S/c1-53-35-25(6-8-28(41)32(35)38(51-53)52-60(2,57)58)24-4-3-23(9-10-39(56)11-13-59-14-12-39)48-33(24)29(17-20-15-21(42)18-22(43)16-20)49-30(55)19-54-36-31(34(50-54)37(44)45)26-5-7-27(26)40(36,46)47/h3-4,6,8,15-16,18,26-27,29,37,56H,5,7,11-14,17,19H2,1-2H3,(H,49,55)(H,51,52)/t26-,27+,29-/m0/s1. The van der Waals surface area contributed by atoms with Crippen LogP contribution >= 0.6 is 11.6 Å². The van der Waals surface area contributed by atoms with Crippen LogP contribution in [0.25, 0.3) is 22.0 Å². The Hall–Kier alpha value is -5.16. The van der Waals surface area contributed by atoms with Crippen molar-refractivity contribution in [2.75, 3.05) is 24.2 Å². The van der Waals surface area contributed by atoms with Crippen LogP contribution in [0.2, 0.25) is 5.02 Å². The number of rotatable bonds is 10. The number of carbonyl (C=O) groups is 1. The Kier molecular flexibility index (Phi) is 10.7. The Morgan fingerprint density at radius 3 is 2.40 bits per heavy atom. The number of ether oxygens (including phenoxy) is 1. The minimum atomic E-state index is -3.84. The molecule has 2 aromatic carbocycles. The average molecular weight is 876 g/mol. The molecule has 2 aliphatic carbocycles. The van der Waals surface area contributed by atoms with Crippen molar-refractivity contribution < 1.29 is 49.4 Å². The first-order valence-corrected chi connectivity index (χ1v) is 21.1.